The fraction of sp³-hybridized carbons (Fsp3) is 0.444. The molecule has 0 spiro atoms. The summed E-state index contributed by atoms with van der Waals surface area (Å²) in [6.45, 7) is 8.26. The molecule has 1 heterocycles. The Morgan fingerprint density at radius 3 is 2.64 bits per heavy atom. The molecule has 2 rings (SSSR count). The van der Waals surface area contributed by atoms with Gasteiger partial charge in [-0.05, 0) is 54.4 Å². The Morgan fingerprint density at radius 2 is 2.08 bits per heavy atom. The molecule has 0 aliphatic carbocycles. The molecule has 2 N–H and O–H groups in total. The summed E-state index contributed by atoms with van der Waals surface area (Å²) in [7, 11) is 3.63. The molecule has 7 heteroatoms. The van der Waals surface area contributed by atoms with Gasteiger partial charge in [0.05, 0.1) is 23.8 Å². The van der Waals surface area contributed by atoms with E-state index < -0.39 is 0 Å². The van der Waals surface area contributed by atoms with Gasteiger partial charge in [-0.15, -0.1) is 0 Å². The van der Waals surface area contributed by atoms with Gasteiger partial charge in [0, 0.05) is 31.4 Å². The van der Waals surface area contributed by atoms with Crippen LogP contribution in [-0.2, 0) is 20.1 Å². The molecule has 0 unspecified atom stereocenters. The normalized spacial score (nSPS) is 11.5. The van der Waals surface area contributed by atoms with Crippen molar-refractivity contribution in [1.29, 1.82) is 0 Å². The average Bonchev–Trinajstić information content (AvgIpc) is 2.83. The molecular weight excluding hydrogens is 382 g/mol. The molecule has 0 saturated carbocycles. The minimum atomic E-state index is 0.586. The monoisotopic (exact) mass is 407 g/mol. The lowest BCUT2D eigenvalue weighted by Crippen LogP contribution is -2.37. The fourth-order valence-electron chi connectivity index (χ4n) is 2.57. The van der Waals surface area contributed by atoms with Crippen LogP contribution < -0.4 is 15.4 Å². The van der Waals surface area contributed by atoms with Crippen LogP contribution in [0.15, 0.2) is 27.7 Å². The minimum absolute atomic E-state index is 0.586. The topological polar surface area (TPSA) is 63.5 Å². The predicted octanol–water partition coefficient (Wildman–Crippen LogP) is 3.06. The summed E-state index contributed by atoms with van der Waals surface area (Å²) in [6.07, 6.45) is 0. The number of nitrogens with zero attached hydrogens (tertiary/aromatic N) is 3. The largest absolute Gasteiger partial charge is 0.496 e. The number of hydrogen-bond donors (Lipinski definition) is 2. The van der Waals surface area contributed by atoms with Gasteiger partial charge in [-0.2, -0.15) is 5.10 Å². The van der Waals surface area contributed by atoms with Crippen LogP contribution in [0.1, 0.15) is 29.4 Å². The van der Waals surface area contributed by atoms with Crippen molar-refractivity contribution in [2.24, 2.45) is 12.0 Å². The predicted molar refractivity (Wildman–Crippen MR) is 105 cm³/mol. The third-order valence-corrected chi connectivity index (χ3v) is 4.69. The number of aryl methyl sites for hydroxylation is 2. The third-order valence-electron chi connectivity index (χ3n) is 4.07. The number of rotatable bonds is 6. The first-order valence-corrected chi connectivity index (χ1v) is 9.09. The van der Waals surface area contributed by atoms with Crippen LogP contribution in [0.4, 0.5) is 0 Å². The lowest BCUT2D eigenvalue weighted by atomic mass is 10.2. The van der Waals surface area contributed by atoms with Crippen molar-refractivity contribution < 1.29 is 4.74 Å². The number of benzene rings is 1. The molecule has 6 nitrogen and oxygen atoms in total. The highest BCUT2D eigenvalue weighted by molar-refractivity contribution is 9.10. The number of halogens is 1. The summed E-state index contributed by atoms with van der Waals surface area (Å²) >= 11 is 3.51. The van der Waals surface area contributed by atoms with Crippen LogP contribution in [-0.4, -0.2) is 29.4 Å². The average molecular weight is 408 g/mol. The van der Waals surface area contributed by atoms with Crippen molar-refractivity contribution >= 4 is 21.9 Å². The van der Waals surface area contributed by atoms with E-state index in [1.54, 1.807) is 7.11 Å². The van der Waals surface area contributed by atoms with Crippen LogP contribution >= 0.6 is 15.9 Å². The molecule has 0 aliphatic rings. The molecule has 0 amide bonds. The Balaban J connectivity index is 2.06. The Hall–Kier alpha value is -2.02. The van der Waals surface area contributed by atoms with Crippen LogP contribution in [0.2, 0.25) is 0 Å². The summed E-state index contributed by atoms with van der Waals surface area (Å²) in [6, 6.07) is 5.99. The standard InChI is InChI=1S/C18H26BrN5O/c1-6-20-18(22-11-15-12(2)23-24(4)13(15)3)21-10-14-7-8-17(25-5)16(19)9-14/h7-9H,6,10-11H2,1-5H3,(H2,20,21,22). The Bertz CT molecular complexity index is 754. The quantitative estimate of drug-likeness (QED) is 0.570. The molecule has 1 aromatic heterocycles. The number of methoxy groups -OCH3 is 1. The van der Waals surface area contributed by atoms with E-state index in [2.05, 4.69) is 50.5 Å². The first-order chi connectivity index (χ1) is 12.0. The van der Waals surface area contributed by atoms with E-state index in [0.29, 0.717) is 13.1 Å². The molecule has 0 fully saturated rings. The van der Waals surface area contributed by atoms with Crippen LogP contribution in [0.25, 0.3) is 0 Å². The second-order valence-corrected chi connectivity index (χ2v) is 6.64. The summed E-state index contributed by atoms with van der Waals surface area (Å²) in [5.74, 6) is 1.61. The molecule has 2 aromatic rings. The number of aliphatic imine (C=N–C) groups is 1. The first kappa shape index (κ1) is 19.3. The lowest BCUT2D eigenvalue weighted by Gasteiger charge is -2.12. The number of hydrogen-bond acceptors (Lipinski definition) is 3. The van der Waals surface area contributed by atoms with Gasteiger partial charge in [0.1, 0.15) is 5.75 Å². The number of ether oxygens (including phenoxy) is 1. The van der Waals surface area contributed by atoms with Crippen LogP contribution in [0.3, 0.4) is 0 Å². The van der Waals surface area contributed by atoms with Crippen molar-refractivity contribution in [3.8, 4) is 5.75 Å². The molecular formula is C18H26BrN5O. The summed E-state index contributed by atoms with van der Waals surface area (Å²) in [4.78, 5) is 4.67. The smallest absolute Gasteiger partial charge is 0.191 e. The van der Waals surface area contributed by atoms with Gasteiger partial charge in [0.25, 0.3) is 0 Å². The molecule has 0 aliphatic heterocycles. The Kier molecular flexibility index (Phi) is 6.87. The van der Waals surface area contributed by atoms with Crippen molar-refractivity contribution in [1.82, 2.24) is 20.4 Å². The van der Waals surface area contributed by atoms with Gasteiger partial charge in [-0.25, -0.2) is 4.99 Å². The molecule has 25 heavy (non-hydrogen) atoms. The highest BCUT2D eigenvalue weighted by Gasteiger charge is 2.09. The van der Waals surface area contributed by atoms with Crippen molar-refractivity contribution in [2.45, 2.75) is 33.9 Å². The van der Waals surface area contributed by atoms with Crippen LogP contribution in [0, 0.1) is 13.8 Å². The third kappa shape index (κ3) is 4.98. The minimum Gasteiger partial charge on any atom is -0.496 e. The summed E-state index contributed by atoms with van der Waals surface area (Å²) in [5, 5.41) is 11.1. The van der Waals surface area contributed by atoms with E-state index in [4.69, 9.17) is 4.74 Å². The van der Waals surface area contributed by atoms with E-state index in [1.165, 1.54) is 11.3 Å². The molecule has 0 bridgehead atoms. The number of guanidine groups is 1. The first-order valence-electron chi connectivity index (χ1n) is 8.29. The van der Waals surface area contributed by atoms with Crippen molar-refractivity contribution in [2.75, 3.05) is 13.7 Å². The summed E-state index contributed by atoms with van der Waals surface area (Å²) in [5.41, 5.74) is 4.53. The summed E-state index contributed by atoms with van der Waals surface area (Å²) < 4.78 is 8.10. The fourth-order valence-corrected chi connectivity index (χ4v) is 3.15. The van der Waals surface area contributed by atoms with E-state index in [-0.39, 0.29) is 0 Å². The van der Waals surface area contributed by atoms with Gasteiger partial charge in [-0.1, -0.05) is 6.07 Å². The second-order valence-electron chi connectivity index (χ2n) is 5.79. The van der Waals surface area contributed by atoms with Gasteiger partial charge >= 0.3 is 0 Å². The van der Waals surface area contributed by atoms with Crippen molar-refractivity contribution in [3.05, 3.63) is 45.2 Å². The van der Waals surface area contributed by atoms with Crippen molar-refractivity contribution in [3.63, 3.8) is 0 Å². The number of nitrogens with one attached hydrogen (secondary N) is 2. The Morgan fingerprint density at radius 1 is 1.32 bits per heavy atom. The molecule has 0 saturated heterocycles. The van der Waals surface area contributed by atoms with E-state index >= 15 is 0 Å². The zero-order valence-corrected chi connectivity index (χ0v) is 17.1. The van der Waals surface area contributed by atoms with E-state index in [9.17, 15) is 0 Å². The van der Waals surface area contributed by atoms with Crippen LogP contribution in [0.5, 0.6) is 5.75 Å². The van der Waals surface area contributed by atoms with Gasteiger partial charge in [0.15, 0.2) is 5.96 Å². The maximum Gasteiger partial charge on any atom is 0.191 e. The van der Waals surface area contributed by atoms with E-state index in [1.807, 2.05) is 36.9 Å². The highest BCUT2D eigenvalue weighted by atomic mass is 79.9. The maximum absolute atomic E-state index is 5.26. The van der Waals surface area contributed by atoms with Gasteiger partial charge < -0.3 is 15.4 Å². The molecule has 1 aromatic carbocycles. The maximum atomic E-state index is 5.26. The zero-order chi connectivity index (χ0) is 18.4. The molecule has 0 radical (unpaired) electrons. The Labute approximate surface area is 157 Å². The second kappa shape index (κ2) is 8.89. The number of aromatic nitrogens is 2. The SMILES string of the molecule is CCNC(=NCc1ccc(OC)c(Br)c1)NCc1c(C)nn(C)c1C. The highest BCUT2D eigenvalue weighted by Crippen LogP contribution is 2.25. The van der Waals surface area contributed by atoms with Gasteiger partial charge in [-0.3, -0.25) is 4.68 Å². The van der Waals surface area contributed by atoms with E-state index in [0.717, 1.165) is 34.0 Å². The molecule has 0 atom stereocenters. The molecule has 136 valence electrons. The van der Waals surface area contributed by atoms with Gasteiger partial charge in [0.2, 0.25) is 0 Å². The lowest BCUT2D eigenvalue weighted by molar-refractivity contribution is 0.412. The zero-order valence-electron chi connectivity index (χ0n) is 15.5.